The van der Waals surface area contributed by atoms with Gasteiger partial charge in [-0.3, -0.25) is 4.90 Å². The molecule has 1 unspecified atom stereocenters. The van der Waals surface area contributed by atoms with Crippen LogP contribution in [0.25, 0.3) is 0 Å². The third-order valence-electron chi connectivity index (χ3n) is 4.02. The predicted molar refractivity (Wildman–Crippen MR) is 95.6 cm³/mol. The normalized spacial score (nSPS) is 24.1. The number of piperidine rings is 1. The van der Waals surface area contributed by atoms with Crippen molar-refractivity contribution in [1.82, 2.24) is 15.1 Å². The van der Waals surface area contributed by atoms with E-state index in [-0.39, 0.29) is 24.0 Å². The van der Waals surface area contributed by atoms with Crippen LogP contribution in [-0.4, -0.2) is 61.1 Å². The van der Waals surface area contributed by atoms with E-state index >= 15 is 0 Å². The largest absolute Gasteiger partial charge is 0.356 e. The summed E-state index contributed by atoms with van der Waals surface area (Å²) >= 11 is 0. The van der Waals surface area contributed by atoms with E-state index in [4.69, 9.17) is 6.42 Å². The van der Waals surface area contributed by atoms with Gasteiger partial charge in [0.15, 0.2) is 5.96 Å². The minimum atomic E-state index is 0. The number of rotatable bonds is 3. The van der Waals surface area contributed by atoms with Gasteiger partial charge in [0.1, 0.15) is 6.54 Å². The van der Waals surface area contributed by atoms with Crippen LogP contribution in [0.15, 0.2) is 4.99 Å². The van der Waals surface area contributed by atoms with Gasteiger partial charge in [-0.25, -0.2) is 4.99 Å². The van der Waals surface area contributed by atoms with Gasteiger partial charge in [0, 0.05) is 25.7 Å². The van der Waals surface area contributed by atoms with Crippen LogP contribution >= 0.6 is 24.0 Å². The maximum absolute atomic E-state index is 5.30. The highest BCUT2D eigenvalue weighted by molar-refractivity contribution is 14.0. The molecule has 2 rings (SSSR count). The molecule has 2 heterocycles. The summed E-state index contributed by atoms with van der Waals surface area (Å²) < 4.78 is 0. The highest BCUT2D eigenvalue weighted by Crippen LogP contribution is 2.20. The summed E-state index contributed by atoms with van der Waals surface area (Å²) in [6, 6.07) is 0.704. The standard InChI is InChI=1S/C15H26N4.HI/c1-3-9-17-15(16-4-2)19-12-8-14(13-19)18-10-6-5-7-11-18;/h1,14H,4-13H2,2H3,(H,16,17);1H. The molecule has 0 radical (unpaired) electrons. The lowest BCUT2D eigenvalue weighted by Crippen LogP contribution is -2.44. The Morgan fingerprint density at radius 3 is 2.70 bits per heavy atom. The Bertz CT molecular complexity index is 344. The van der Waals surface area contributed by atoms with Crippen LogP contribution in [0.3, 0.4) is 0 Å². The molecule has 2 aliphatic rings. The van der Waals surface area contributed by atoms with Crippen molar-refractivity contribution in [2.75, 3.05) is 39.3 Å². The first kappa shape index (κ1) is 17.6. The molecule has 0 aromatic carbocycles. The molecule has 20 heavy (non-hydrogen) atoms. The second-order valence-corrected chi connectivity index (χ2v) is 5.36. The summed E-state index contributed by atoms with van der Waals surface area (Å²) in [5.74, 6) is 3.58. The monoisotopic (exact) mass is 390 g/mol. The minimum absolute atomic E-state index is 0. The summed E-state index contributed by atoms with van der Waals surface area (Å²) in [4.78, 5) is 9.49. The van der Waals surface area contributed by atoms with Gasteiger partial charge in [0.2, 0.25) is 0 Å². The second-order valence-electron chi connectivity index (χ2n) is 5.36. The van der Waals surface area contributed by atoms with Crippen LogP contribution in [-0.2, 0) is 0 Å². The number of terminal acetylenes is 1. The van der Waals surface area contributed by atoms with Crippen molar-refractivity contribution in [3.8, 4) is 12.3 Å². The zero-order chi connectivity index (χ0) is 13.5. The number of hydrogen-bond acceptors (Lipinski definition) is 2. The van der Waals surface area contributed by atoms with E-state index < -0.39 is 0 Å². The Hall–Kier alpha value is -0.480. The van der Waals surface area contributed by atoms with Gasteiger partial charge in [-0.2, -0.15) is 0 Å². The van der Waals surface area contributed by atoms with Crippen molar-refractivity contribution in [2.24, 2.45) is 4.99 Å². The SMILES string of the molecule is C#CCN=C(NCC)N1CCC(N2CCCCC2)C1.I. The van der Waals surface area contributed by atoms with Gasteiger partial charge in [0.25, 0.3) is 0 Å². The van der Waals surface area contributed by atoms with Crippen LogP contribution in [0.5, 0.6) is 0 Å². The van der Waals surface area contributed by atoms with Gasteiger partial charge in [-0.05, 0) is 39.3 Å². The smallest absolute Gasteiger partial charge is 0.194 e. The number of nitrogens with one attached hydrogen (secondary N) is 1. The number of likely N-dealkylation sites (tertiary alicyclic amines) is 2. The van der Waals surface area contributed by atoms with Crippen LogP contribution in [0.4, 0.5) is 0 Å². The number of halogens is 1. The first-order valence-electron chi connectivity index (χ1n) is 7.56. The lowest BCUT2D eigenvalue weighted by molar-refractivity contribution is 0.168. The minimum Gasteiger partial charge on any atom is -0.356 e. The lowest BCUT2D eigenvalue weighted by Gasteiger charge is -2.32. The molecule has 0 aliphatic carbocycles. The lowest BCUT2D eigenvalue weighted by atomic mass is 10.1. The van der Waals surface area contributed by atoms with E-state index in [0.717, 1.165) is 25.6 Å². The average molecular weight is 390 g/mol. The van der Waals surface area contributed by atoms with Crippen LogP contribution in [0.2, 0.25) is 0 Å². The van der Waals surface area contributed by atoms with E-state index in [0.29, 0.717) is 12.6 Å². The third kappa shape index (κ3) is 4.81. The first-order chi connectivity index (χ1) is 9.35. The zero-order valence-electron chi connectivity index (χ0n) is 12.5. The fourth-order valence-corrected chi connectivity index (χ4v) is 3.06. The van der Waals surface area contributed by atoms with E-state index in [9.17, 15) is 0 Å². The molecule has 2 aliphatic heterocycles. The maximum Gasteiger partial charge on any atom is 0.194 e. The summed E-state index contributed by atoms with van der Waals surface area (Å²) in [7, 11) is 0. The number of hydrogen-bond donors (Lipinski definition) is 1. The molecule has 1 N–H and O–H groups in total. The molecule has 1 atom stereocenters. The fourth-order valence-electron chi connectivity index (χ4n) is 3.06. The van der Waals surface area contributed by atoms with Crippen molar-refractivity contribution in [3.05, 3.63) is 0 Å². The topological polar surface area (TPSA) is 30.9 Å². The fraction of sp³-hybridized carbons (Fsp3) is 0.800. The molecule has 2 saturated heterocycles. The molecule has 0 bridgehead atoms. The van der Waals surface area contributed by atoms with E-state index in [1.807, 2.05) is 0 Å². The Kier molecular flexibility index (Phi) is 8.31. The summed E-state index contributed by atoms with van der Waals surface area (Å²) in [6.07, 6.45) is 10.7. The average Bonchev–Trinajstić information content (AvgIpc) is 2.94. The molecular formula is C15H27IN4. The molecular weight excluding hydrogens is 363 g/mol. The highest BCUT2D eigenvalue weighted by atomic mass is 127. The summed E-state index contributed by atoms with van der Waals surface area (Å²) in [5.41, 5.74) is 0. The second kappa shape index (κ2) is 9.46. The first-order valence-corrected chi connectivity index (χ1v) is 7.56. The van der Waals surface area contributed by atoms with E-state index in [1.54, 1.807) is 0 Å². The van der Waals surface area contributed by atoms with Gasteiger partial charge in [-0.1, -0.05) is 12.3 Å². The van der Waals surface area contributed by atoms with Crippen molar-refractivity contribution in [1.29, 1.82) is 0 Å². The van der Waals surface area contributed by atoms with Gasteiger partial charge in [0.05, 0.1) is 0 Å². The van der Waals surface area contributed by atoms with E-state index in [1.165, 1.54) is 38.8 Å². The molecule has 4 nitrogen and oxygen atoms in total. The maximum atomic E-state index is 5.30. The predicted octanol–water partition coefficient (Wildman–Crippen LogP) is 1.76. The molecule has 0 spiro atoms. The number of guanidine groups is 1. The molecule has 2 fully saturated rings. The Balaban J connectivity index is 0.00000200. The van der Waals surface area contributed by atoms with Crippen LogP contribution in [0.1, 0.15) is 32.6 Å². The van der Waals surface area contributed by atoms with Crippen LogP contribution in [0, 0.1) is 12.3 Å². The Morgan fingerprint density at radius 2 is 2.05 bits per heavy atom. The summed E-state index contributed by atoms with van der Waals surface area (Å²) in [5, 5.41) is 3.34. The molecule has 0 aromatic rings. The molecule has 5 heteroatoms. The molecule has 114 valence electrons. The third-order valence-corrected chi connectivity index (χ3v) is 4.02. The molecule has 0 amide bonds. The Labute approximate surface area is 140 Å². The van der Waals surface area contributed by atoms with Gasteiger partial charge in [-0.15, -0.1) is 30.4 Å². The van der Waals surface area contributed by atoms with Gasteiger partial charge >= 0.3 is 0 Å². The highest BCUT2D eigenvalue weighted by Gasteiger charge is 2.29. The van der Waals surface area contributed by atoms with Crippen molar-refractivity contribution < 1.29 is 0 Å². The Morgan fingerprint density at radius 1 is 1.30 bits per heavy atom. The van der Waals surface area contributed by atoms with Gasteiger partial charge < -0.3 is 10.2 Å². The number of nitrogens with zero attached hydrogens (tertiary/aromatic N) is 3. The zero-order valence-corrected chi connectivity index (χ0v) is 14.8. The van der Waals surface area contributed by atoms with E-state index in [2.05, 4.69) is 33.0 Å². The molecule has 0 saturated carbocycles. The molecule has 0 aromatic heterocycles. The summed E-state index contributed by atoms with van der Waals surface area (Å²) in [6.45, 7) is 8.20. The van der Waals surface area contributed by atoms with Crippen molar-refractivity contribution >= 4 is 29.9 Å². The number of aliphatic imine (C=N–C) groups is 1. The quantitative estimate of drug-likeness (QED) is 0.345. The van der Waals surface area contributed by atoms with Crippen molar-refractivity contribution in [3.63, 3.8) is 0 Å². The van der Waals surface area contributed by atoms with Crippen LogP contribution < -0.4 is 5.32 Å². The van der Waals surface area contributed by atoms with Crippen molar-refractivity contribution in [2.45, 2.75) is 38.6 Å².